The van der Waals surface area contributed by atoms with E-state index in [9.17, 15) is 0 Å². The number of hydrogen-bond donors (Lipinski definition) is 1. The predicted octanol–water partition coefficient (Wildman–Crippen LogP) is 3.17. The van der Waals surface area contributed by atoms with Crippen molar-refractivity contribution in [3.8, 4) is 0 Å². The van der Waals surface area contributed by atoms with Crippen LogP contribution < -0.4 is 5.73 Å². The van der Waals surface area contributed by atoms with Gasteiger partial charge in [0.25, 0.3) is 0 Å². The van der Waals surface area contributed by atoms with Crippen molar-refractivity contribution in [2.45, 2.75) is 51.1 Å². The van der Waals surface area contributed by atoms with E-state index < -0.39 is 0 Å². The van der Waals surface area contributed by atoms with Gasteiger partial charge in [0.05, 0.1) is 0 Å². The number of nitrogens with two attached hydrogens (primary N) is 1. The first kappa shape index (κ1) is 13.1. The summed E-state index contributed by atoms with van der Waals surface area (Å²) >= 11 is 0. The highest BCUT2D eigenvalue weighted by atomic mass is 15.1. The topological polar surface area (TPSA) is 29.3 Å². The Labute approximate surface area is 117 Å². The molecular weight excluding hydrogens is 232 g/mol. The van der Waals surface area contributed by atoms with Crippen molar-refractivity contribution < 1.29 is 0 Å². The predicted molar refractivity (Wildman–Crippen MR) is 79.8 cm³/mol. The van der Waals surface area contributed by atoms with Gasteiger partial charge in [-0.2, -0.15) is 0 Å². The Kier molecular flexibility index (Phi) is 3.90. The summed E-state index contributed by atoms with van der Waals surface area (Å²) < 4.78 is 0. The van der Waals surface area contributed by atoms with Crippen molar-refractivity contribution in [2.24, 2.45) is 11.1 Å². The highest BCUT2D eigenvalue weighted by molar-refractivity contribution is 5.14. The van der Waals surface area contributed by atoms with Crippen molar-refractivity contribution in [3.05, 3.63) is 35.9 Å². The second-order valence-corrected chi connectivity index (χ2v) is 6.60. The summed E-state index contributed by atoms with van der Waals surface area (Å²) in [5, 5.41) is 0. The lowest BCUT2D eigenvalue weighted by molar-refractivity contribution is 0.0593. The number of piperidine rings is 1. The van der Waals surface area contributed by atoms with Crippen LogP contribution >= 0.6 is 0 Å². The smallest absolute Gasteiger partial charge is 0.0233 e. The van der Waals surface area contributed by atoms with E-state index in [1.54, 1.807) is 0 Å². The van der Waals surface area contributed by atoms with Crippen LogP contribution in [-0.2, 0) is 6.54 Å². The van der Waals surface area contributed by atoms with Crippen LogP contribution in [0.4, 0.5) is 0 Å². The number of rotatable bonds is 2. The Morgan fingerprint density at radius 2 is 1.63 bits per heavy atom. The molecule has 2 N–H and O–H groups in total. The Balaban J connectivity index is 1.52. The molecule has 0 amide bonds. The second kappa shape index (κ2) is 5.64. The second-order valence-electron chi connectivity index (χ2n) is 6.60. The molecule has 19 heavy (non-hydrogen) atoms. The van der Waals surface area contributed by atoms with Crippen LogP contribution in [0.25, 0.3) is 0 Å². The molecule has 1 spiro atoms. The summed E-state index contributed by atoms with van der Waals surface area (Å²) in [5.41, 5.74) is 8.13. The Hall–Kier alpha value is -0.860. The van der Waals surface area contributed by atoms with Crippen LogP contribution in [0.15, 0.2) is 30.3 Å². The first-order chi connectivity index (χ1) is 9.26. The molecule has 2 nitrogen and oxygen atoms in total. The van der Waals surface area contributed by atoms with Gasteiger partial charge in [-0.3, -0.25) is 4.90 Å². The molecule has 2 aliphatic rings. The molecule has 104 valence electrons. The average Bonchev–Trinajstić information content (AvgIpc) is 2.46. The molecule has 1 saturated heterocycles. The van der Waals surface area contributed by atoms with Gasteiger partial charge in [-0.05, 0) is 62.6 Å². The van der Waals surface area contributed by atoms with E-state index in [4.69, 9.17) is 5.73 Å². The number of nitrogens with zero attached hydrogens (tertiary/aromatic N) is 1. The maximum absolute atomic E-state index is 6.04. The normalized spacial score (nSPS) is 24.7. The molecule has 0 radical (unpaired) electrons. The van der Waals surface area contributed by atoms with Crippen LogP contribution in [-0.4, -0.2) is 24.0 Å². The Morgan fingerprint density at radius 1 is 1.00 bits per heavy atom. The summed E-state index contributed by atoms with van der Waals surface area (Å²) in [4.78, 5) is 2.62. The molecule has 0 aromatic heterocycles. The molecule has 1 saturated carbocycles. The van der Waals surface area contributed by atoms with E-state index >= 15 is 0 Å². The summed E-state index contributed by atoms with van der Waals surface area (Å²) in [6, 6.07) is 11.3. The highest BCUT2D eigenvalue weighted by Gasteiger charge is 2.37. The van der Waals surface area contributed by atoms with Gasteiger partial charge < -0.3 is 5.73 Å². The van der Waals surface area contributed by atoms with E-state index in [2.05, 4.69) is 35.2 Å². The molecule has 0 atom stereocenters. The highest BCUT2D eigenvalue weighted by Crippen LogP contribution is 2.44. The lowest BCUT2D eigenvalue weighted by atomic mass is 9.67. The van der Waals surface area contributed by atoms with E-state index in [1.165, 1.54) is 57.2 Å². The summed E-state index contributed by atoms with van der Waals surface area (Å²) in [5.74, 6) is 0. The first-order valence-electron chi connectivity index (χ1n) is 7.78. The van der Waals surface area contributed by atoms with Crippen LogP contribution in [0.3, 0.4) is 0 Å². The standard InChI is InChI=1S/C17H26N2/c18-16-6-8-17(9-7-16)10-12-19(13-11-17)14-15-4-2-1-3-5-15/h1-5,16H,6-14,18H2. The zero-order valence-electron chi connectivity index (χ0n) is 11.9. The largest absolute Gasteiger partial charge is 0.328 e. The maximum Gasteiger partial charge on any atom is 0.0233 e. The third-order valence-electron chi connectivity index (χ3n) is 5.26. The van der Waals surface area contributed by atoms with Gasteiger partial charge in [-0.25, -0.2) is 0 Å². The van der Waals surface area contributed by atoms with Crippen molar-refractivity contribution >= 4 is 0 Å². The molecule has 1 heterocycles. The minimum absolute atomic E-state index is 0.480. The van der Waals surface area contributed by atoms with Gasteiger partial charge >= 0.3 is 0 Å². The summed E-state index contributed by atoms with van der Waals surface area (Å²) in [6.07, 6.45) is 8.00. The van der Waals surface area contributed by atoms with Gasteiger partial charge in [0.15, 0.2) is 0 Å². The molecule has 2 fully saturated rings. The molecule has 3 rings (SSSR count). The zero-order valence-corrected chi connectivity index (χ0v) is 11.9. The fourth-order valence-corrected chi connectivity index (χ4v) is 3.78. The van der Waals surface area contributed by atoms with Gasteiger partial charge in [0, 0.05) is 12.6 Å². The zero-order chi connectivity index (χ0) is 13.1. The molecule has 0 unspecified atom stereocenters. The molecule has 1 aliphatic heterocycles. The molecule has 2 heteroatoms. The van der Waals surface area contributed by atoms with E-state index in [1.807, 2.05) is 0 Å². The lowest BCUT2D eigenvalue weighted by Gasteiger charge is -2.45. The molecule has 1 aromatic carbocycles. The van der Waals surface area contributed by atoms with Crippen LogP contribution in [0, 0.1) is 5.41 Å². The van der Waals surface area contributed by atoms with Crippen LogP contribution in [0.2, 0.25) is 0 Å². The van der Waals surface area contributed by atoms with Gasteiger partial charge in [0.1, 0.15) is 0 Å². The monoisotopic (exact) mass is 258 g/mol. The van der Waals surface area contributed by atoms with E-state index in [-0.39, 0.29) is 0 Å². The summed E-state index contributed by atoms with van der Waals surface area (Å²) in [6.45, 7) is 3.66. The quantitative estimate of drug-likeness (QED) is 0.883. The van der Waals surface area contributed by atoms with E-state index in [0.29, 0.717) is 11.5 Å². The average molecular weight is 258 g/mol. The van der Waals surface area contributed by atoms with Crippen molar-refractivity contribution in [3.63, 3.8) is 0 Å². The number of likely N-dealkylation sites (tertiary alicyclic amines) is 1. The Bertz CT molecular complexity index is 383. The van der Waals surface area contributed by atoms with Crippen LogP contribution in [0.5, 0.6) is 0 Å². The lowest BCUT2D eigenvalue weighted by Crippen LogP contribution is -2.43. The van der Waals surface area contributed by atoms with Gasteiger partial charge in [0.2, 0.25) is 0 Å². The number of benzene rings is 1. The minimum atomic E-state index is 0.480. The third-order valence-corrected chi connectivity index (χ3v) is 5.26. The fourth-order valence-electron chi connectivity index (χ4n) is 3.78. The van der Waals surface area contributed by atoms with E-state index in [0.717, 1.165) is 6.54 Å². The minimum Gasteiger partial charge on any atom is -0.328 e. The van der Waals surface area contributed by atoms with Crippen molar-refractivity contribution in [1.82, 2.24) is 4.90 Å². The molecule has 1 aromatic rings. The van der Waals surface area contributed by atoms with Crippen molar-refractivity contribution in [2.75, 3.05) is 13.1 Å². The third kappa shape index (κ3) is 3.18. The fraction of sp³-hybridized carbons (Fsp3) is 0.647. The van der Waals surface area contributed by atoms with Gasteiger partial charge in [-0.1, -0.05) is 30.3 Å². The van der Waals surface area contributed by atoms with Crippen LogP contribution in [0.1, 0.15) is 44.1 Å². The maximum atomic E-state index is 6.04. The van der Waals surface area contributed by atoms with Crippen molar-refractivity contribution in [1.29, 1.82) is 0 Å². The molecule has 0 bridgehead atoms. The van der Waals surface area contributed by atoms with Gasteiger partial charge in [-0.15, -0.1) is 0 Å². The Morgan fingerprint density at radius 3 is 2.26 bits per heavy atom. The molecular formula is C17H26N2. The molecule has 1 aliphatic carbocycles. The summed E-state index contributed by atoms with van der Waals surface area (Å²) in [7, 11) is 0. The SMILES string of the molecule is NC1CCC2(CC1)CCN(Cc1ccccc1)CC2. The number of hydrogen-bond acceptors (Lipinski definition) is 2. The first-order valence-corrected chi connectivity index (χ1v) is 7.78.